The van der Waals surface area contributed by atoms with Crippen LogP contribution in [0.2, 0.25) is 0 Å². The molecule has 1 N–H and O–H groups in total. The lowest BCUT2D eigenvalue weighted by atomic mass is 10.3. The number of anilines is 1. The maximum atomic E-state index is 12.6. The van der Waals surface area contributed by atoms with Crippen LogP contribution in [0, 0.1) is 6.92 Å². The second-order valence-corrected chi connectivity index (χ2v) is 6.43. The van der Waals surface area contributed by atoms with Crippen LogP contribution in [0.5, 0.6) is 0 Å². The molecule has 0 saturated heterocycles. The minimum atomic E-state index is -0.282. The number of aryl methyl sites for hydroxylation is 2. The van der Waals surface area contributed by atoms with E-state index in [1.807, 2.05) is 54.8 Å². The number of nitrogens with zero attached hydrogens (tertiary/aromatic N) is 3. The Morgan fingerprint density at radius 1 is 1.24 bits per heavy atom. The molecule has 0 unspecified atom stereocenters. The molecule has 3 heterocycles. The van der Waals surface area contributed by atoms with Crippen molar-refractivity contribution in [2.75, 3.05) is 5.32 Å². The van der Waals surface area contributed by atoms with Crippen molar-refractivity contribution in [2.45, 2.75) is 20.4 Å². The lowest BCUT2D eigenvalue weighted by Crippen LogP contribution is -2.16. The lowest BCUT2D eigenvalue weighted by Gasteiger charge is -2.06. The van der Waals surface area contributed by atoms with Gasteiger partial charge in [0, 0.05) is 11.9 Å². The third-order valence-electron chi connectivity index (χ3n) is 3.88. The number of hydrogen-bond acceptors (Lipinski definition) is 5. The summed E-state index contributed by atoms with van der Waals surface area (Å²) in [5.41, 5.74) is 2.19. The third kappa shape index (κ3) is 2.83. The predicted molar refractivity (Wildman–Crippen MR) is 97.9 cm³/mol. The summed E-state index contributed by atoms with van der Waals surface area (Å²) >= 11 is 1.38. The molecule has 0 bridgehead atoms. The number of para-hydroxylation sites is 2. The highest BCUT2D eigenvalue weighted by Crippen LogP contribution is 2.26. The molecule has 0 saturated carbocycles. The number of carbonyl (C=O) groups is 1. The fourth-order valence-corrected chi connectivity index (χ4v) is 3.46. The molecule has 126 valence electrons. The Labute approximate surface area is 148 Å². The predicted octanol–water partition coefficient (Wildman–Crippen LogP) is 4.33. The average Bonchev–Trinajstić information content (AvgIpc) is 3.31. The van der Waals surface area contributed by atoms with Crippen molar-refractivity contribution in [3.05, 3.63) is 53.2 Å². The largest absolute Gasteiger partial charge is 0.459 e. The maximum absolute atomic E-state index is 12.6. The molecule has 0 radical (unpaired) electrons. The summed E-state index contributed by atoms with van der Waals surface area (Å²) in [7, 11) is 0. The first kappa shape index (κ1) is 15.6. The zero-order chi connectivity index (χ0) is 17.4. The molecule has 0 aliphatic heterocycles. The van der Waals surface area contributed by atoms with E-state index in [-0.39, 0.29) is 5.91 Å². The van der Waals surface area contributed by atoms with Gasteiger partial charge in [0.1, 0.15) is 11.5 Å². The van der Waals surface area contributed by atoms with Crippen LogP contribution in [-0.2, 0) is 6.54 Å². The normalized spacial score (nSPS) is 11.1. The molecule has 0 fully saturated rings. The zero-order valence-electron chi connectivity index (χ0n) is 13.8. The van der Waals surface area contributed by atoms with Crippen molar-refractivity contribution in [1.82, 2.24) is 14.5 Å². The molecule has 1 aromatic carbocycles. The topological polar surface area (TPSA) is 73.0 Å². The molecular weight excluding hydrogens is 336 g/mol. The van der Waals surface area contributed by atoms with E-state index >= 15 is 0 Å². The van der Waals surface area contributed by atoms with E-state index in [9.17, 15) is 4.79 Å². The van der Waals surface area contributed by atoms with Gasteiger partial charge in [-0.2, -0.15) is 0 Å². The smallest absolute Gasteiger partial charge is 0.277 e. The minimum absolute atomic E-state index is 0.282. The fraction of sp³-hybridized carbons (Fsp3) is 0.167. The SMILES string of the molecule is CCn1c(NC(=O)c2csc(-c3ccc(C)o3)n2)nc2ccccc21. The monoisotopic (exact) mass is 352 g/mol. The standard InChI is InChI=1S/C18H16N4O2S/c1-3-22-14-7-5-4-6-12(14)20-18(22)21-16(23)13-10-25-17(19-13)15-9-8-11(2)24-15/h4-10H,3H2,1-2H3,(H,20,21,23). The molecule has 0 aliphatic carbocycles. The highest BCUT2D eigenvalue weighted by Gasteiger charge is 2.17. The average molecular weight is 352 g/mol. The number of hydrogen-bond donors (Lipinski definition) is 1. The number of furan rings is 1. The third-order valence-corrected chi connectivity index (χ3v) is 4.74. The quantitative estimate of drug-likeness (QED) is 0.593. The van der Waals surface area contributed by atoms with Crippen LogP contribution in [0.1, 0.15) is 23.2 Å². The Morgan fingerprint density at radius 3 is 2.84 bits per heavy atom. The maximum Gasteiger partial charge on any atom is 0.277 e. The Bertz CT molecular complexity index is 1060. The van der Waals surface area contributed by atoms with Crippen LogP contribution in [0.4, 0.5) is 5.95 Å². The second kappa shape index (κ2) is 6.18. The van der Waals surface area contributed by atoms with E-state index in [0.29, 0.717) is 29.0 Å². The Morgan fingerprint density at radius 2 is 2.08 bits per heavy atom. The lowest BCUT2D eigenvalue weighted by molar-refractivity contribution is 0.102. The second-order valence-electron chi connectivity index (χ2n) is 5.57. The number of thiazole rings is 1. The summed E-state index contributed by atoms with van der Waals surface area (Å²) in [6.07, 6.45) is 0. The van der Waals surface area contributed by atoms with Gasteiger partial charge >= 0.3 is 0 Å². The van der Waals surface area contributed by atoms with Gasteiger partial charge in [-0.1, -0.05) is 12.1 Å². The molecule has 7 heteroatoms. The number of aromatic nitrogens is 3. The van der Waals surface area contributed by atoms with Gasteiger partial charge in [-0.25, -0.2) is 9.97 Å². The fourth-order valence-electron chi connectivity index (χ4n) is 2.70. The van der Waals surface area contributed by atoms with Crippen LogP contribution in [0.3, 0.4) is 0 Å². The zero-order valence-corrected chi connectivity index (χ0v) is 14.6. The van der Waals surface area contributed by atoms with Crippen LogP contribution in [-0.4, -0.2) is 20.4 Å². The number of nitrogens with one attached hydrogen (secondary N) is 1. The first-order valence-corrected chi connectivity index (χ1v) is 8.82. The van der Waals surface area contributed by atoms with E-state index in [1.54, 1.807) is 5.38 Å². The molecule has 0 atom stereocenters. The van der Waals surface area contributed by atoms with Gasteiger partial charge in [-0.05, 0) is 38.1 Å². The van der Waals surface area contributed by atoms with Crippen LogP contribution in [0.25, 0.3) is 21.8 Å². The van der Waals surface area contributed by atoms with Crippen LogP contribution in [0.15, 0.2) is 46.2 Å². The Kier molecular flexibility index (Phi) is 3.85. The number of benzene rings is 1. The molecule has 0 spiro atoms. The van der Waals surface area contributed by atoms with E-state index in [0.717, 1.165) is 16.8 Å². The molecule has 0 aliphatic rings. The summed E-state index contributed by atoms with van der Waals surface area (Å²) in [6.45, 7) is 4.61. The van der Waals surface area contributed by atoms with Crippen LogP contribution >= 0.6 is 11.3 Å². The number of fused-ring (bicyclic) bond motifs is 1. The van der Waals surface area contributed by atoms with Crippen LogP contribution < -0.4 is 5.32 Å². The van der Waals surface area contributed by atoms with Gasteiger partial charge in [0.2, 0.25) is 5.95 Å². The first-order valence-electron chi connectivity index (χ1n) is 7.94. The summed E-state index contributed by atoms with van der Waals surface area (Å²) in [5.74, 6) is 1.73. The van der Waals surface area contributed by atoms with Crippen molar-refractivity contribution in [3.8, 4) is 10.8 Å². The van der Waals surface area contributed by atoms with Gasteiger partial charge in [-0.15, -0.1) is 11.3 Å². The van der Waals surface area contributed by atoms with Gasteiger partial charge in [0.05, 0.1) is 11.0 Å². The highest BCUT2D eigenvalue weighted by molar-refractivity contribution is 7.13. The number of imidazole rings is 1. The summed E-state index contributed by atoms with van der Waals surface area (Å²) in [4.78, 5) is 21.4. The van der Waals surface area contributed by atoms with Crippen molar-refractivity contribution in [2.24, 2.45) is 0 Å². The highest BCUT2D eigenvalue weighted by atomic mass is 32.1. The van der Waals surface area contributed by atoms with Crippen molar-refractivity contribution in [3.63, 3.8) is 0 Å². The van der Waals surface area contributed by atoms with Gasteiger partial charge < -0.3 is 8.98 Å². The van der Waals surface area contributed by atoms with E-state index in [1.165, 1.54) is 11.3 Å². The van der Waals surface area contributed by atoms with E-state index in [2.05, 4.69) is 15.3 Å². The minimum Gasteiger partial charge on any atom is -0.459 e. The Hall–Kier alpha value is -2.93. The molecule has 6 nitrogen and oxygen atoms in total. The van der Waals surface area contributed by atoms with Gasteiger partial charge in [0.25, 0.3) is 5.91 Å². The van der Waals surface area contributed by atoms with Gasteiger partial charge in [-0.3, -0.25) is 10.1 Å². The molecular formula is C18H16N4O2S. The van der Waals surface area contributed by atoms with Crippen molar-refractivity contribution >= 4 is 34.2 Å². The molecule has 25 heavy (non-hydrogen) atoms. The van der Waals surface area contributed by atoms with E-state index in [4.69, 9.17) is 4.42 Å². The number of amides is 1. The molecule has 4 aromatic rings. The summed E-state index contributed by atoms with van der Waals surface area (Å²) < 4.78 is 7.53. The molecule has 3 aromatic heterocycles. The van der Waals surface area contributed by atoms with E-state index < -0.39 is 0 Å². The Balaban J connectivity index is 1.61. The molecule has 4 rings (SSSR count). The van der Waals surface area contributed by atoms with Crippen molar-refractivity contribution in [1.29, 1.82) is 0 Å². The van der Waals surface area contributed by atoms with Crippen molar-refractivity contribution < 1.29 is 9.21 Å². The molecule has 1 amide bonds. The number of rotatable bonds is 4. The number of carbonyl (C=O) groups excluding carboxylic acids is 1. The first-order chi connectivity index (χ1) is 12.2. The summed E-state index contributed by atoms with van der Waals surface area (Å²) in [5, 5.41) is 5.27. The van der Waals surface area contributed by atoms with Gasteiger partial charge in [0.15, 0.2) is 10.8 Å². The summed E-state index contributed by atoms with van der Waals surface area (Å²) in [6, 6.07) is 11.5.